The summed E-state index contributed by atoms with van der Waals surface area (Å²) in [6.07, 6.45) is -4.77. The van der Waals surface area contributed by atoms with Crippen molar-refractivity contribution in [3.63, 3.8) is 0 Å². The molecule has 0 saturated heterocycles. The second-order valence-corrected chi connectivity index (χ2v) is 5.01. The van der Waals surface area contributed by atoms with Gasteiger partial charge in [0.2, 0.25) is 5.88 Å². The van der Waals surface area contributed by atoms with E-state index >= 15 is 0 Å². The van der Waals surface area contributed by atoms with Crippen molar-refractivity contribution in [1.82, 2.24) is 9.55 Å². The molecule has 118 valence electrons. The molecule has 0 unspecified atom stereocenters. The summed E-state index contributed by atoms with van der Waals surface area (Å²) in [7, 11) is 1.57. The number of hydrogen-bond acceptors (Lipinski definition) is 4. The van der Waals surface area contributed by atoms with Gasteiger partial charge in [-0.3, -0.25) is 9.36 Å². The van der Waals surface area contributed by atoms with Gasteiger partial charge in [0.05, 0.1) is 0 Å². The molecule has 0 fully saturated rings. The van der Waals surface area contributed by atoms with E-state index < -0.39 is 12.3 Å². The molecule has 1 aromatic heterocycles. The molecule has 5 nitrogen and oxygen atoms in total. The lowest BCUT2D eigenvalue weighted by molar-refractivity contribution is -0.274. The number of esters is 1. The third kappa shape index (κ3) is 3.79. The number of alkyl halides is 3. The van der Waals surface area contributed by atoms with Crippen LogP contribution in [0.2, 0.25) is 0 Å². The fourth-order valence-corrected chi connectivity index (χ4v) is 2.30. The molecule has 0 radical (unpaired) electrons. The zero-order valence-electron chi connectivity index (χ0n) is 11.4. The molecule has 1 heterocycles. The summed E-state index contributed by atoms with van der Waals surface area (Å²) in [4.78, 5) is 15.2. The Bertz CT molecular complexity index is 713. The van der Waals surface area contributed by atoms with E-state index in [4.69, 9.17) is 4.74 Å². The second-order valence-electron chi connectivity index (χ2n) is 4.26. The Balaban J connectivity index is 2.40. The van der Waals surface area contributed by atoms with Crippen LogP contribution in [0.3, 0.4) is 0 Å². The molecule has 0 atom stereocenters. The summed E-state index contributed by atoms with van der Waals surface area (Å²) in [5.41, 5.74) is 0.378. The Morgan fingerprint density at radius 1 is 1.36 bits per heavy atom. The number of imidazole rings is 1. The van der Waals surface area contributed by atoms with Gasteiger partial charge in [0.15, 0.2) is 4.60 Å². The van der Waals surface area contributed by atoms with E-state index in [9.17, 15) is 18.0 Å². The lowest BCUT2D eigenvalue weighted by Gasteiger charge is -2.10. The fraction of sp³-hybridized carbons (Fsp3) is 0.231. The Morgan fingerprint density at radius 2 is 2.05 bits per heavy atom. The maximum atomic E-state index is 12.3. The first kappa shape index (κ1) is 16.3. The SMILES string of the molecule is CC(=O)Oc1c(Br)nc(-c2cccc(OC(F)(F)F)c2)n1C. The number of aromatic nitrogens is 2. The molecule has 2 rings (SSSR count). The van der Waals surface area contributed by atoms with Crippen molar-refractivity contribution in [2.45, 2.75) is 13.3 Å². The smallest absolute Gasteiger partial charge is 0.406 e. The zero-order chi connectivity index (χ0) is 16.5. The summed E-state index contributed by atoms with van der Waals surface area (Å²) in [6.45, 7) is 1.23. The van der Waals surface area contributed by atoms with Gasteiger partial charge >= 0.3 is 12.3 Å². The van der Waals surface area contributed by atoms with Gasteiger partial charge in [-0.2, -0.15) is 0 Å². The van der Waals surface area contributed by atoms with Crippen LogP contribution in [-0.4, -0.2) is 21.9 Å². The van der Waals surface area contributed by atoms with E-state index in [1.54, 1.807) is 13.1 Å². The van der Waals surface area contributed by atoms with E-state index in [0.717, 1.165) is 0 Å². The summed E-state index contributed by atoms with van der Waals surface area (Å²) >= 11 is 3.14. The van der Waals surface area contributed by atoms with Crippen LogP contribution in [0.1, 0.15) is 6.92 Å². The summed E-state index contributed by atoms with van der Waals surface area (Å²) < 4.78 is 47.3. The highest BCUT2D eigenvalue weighted by Gasteiger charge is 2.31. The minimum atomic E-state index is -4.77. The van der Waals surface area contributed by atoms with Gasteiger partial charge in [0.1, 0.15) is 11.6 Å². The zero-order valence-corrected chi connectivity index (χ0v) is 13.0. The Morgan fingerprint density at radius 3 is 2.64 bits per heavy atom. The van der Waals surface area contributed by atoms with E-state index in [1.807, 2.05) is 0 Å². The largest absolute Gasteiger partial charge is 0.573 e. The number of rotatable bonds is 3. The number of carbonyl (C=O) groups excluding carboxylic acids is 1. The van der Waals surface area contributed by atoms with Gasteiger partial charge < -0.3 is 9.47 Å². The molecular formula is C13H10BrF3N2O3. The molecule has 0 bridgehead atoms. The van der Waals surface area contributed by atoms with Crippen molar-refractivity contribution in [3.8, 4) is 23.0 Å². The van der Waals surface area contributed by atoms with E-state index in [2.05, 4.69) is 25.7 Å². The lowest BCUT2D eigenvalue weighted by atomic mass is 10.2. The highest BCUT2D eigenvalue weighted by Crippen LogP contribution is 2.33. The molecule has 0 saturated carbocycles. The molecule has 0 amide bonds. The molecule has 2 aromatic rings. The molecule has 22 heavy (non-hydrogen) atoms. The summed E-state index contributed by atoms with van der Waals surface area (Å²) in [5.74, 6) is -0.428. The Kier molecular flexibility index (Phi) is 4.45. The van der Waals surface area contributed by atoms with Crippen LogP contribution in [0.5, 0.6) is 11.6 Å². The van der Waals surface area contributed by atoms with Crippen molar-refractivity contribution in [2.24, 2.45) is 7.05 Å². The monoisotopic (exact) mass is 378 g/mol. The van der Waals surface area contributed by atoms with Crippen LogP contribution in [-0.2, 0) is 11.8 Å². The van der Waals surface area contributed by atoms with Crippen LogP contribution in [0, 0.1) is 0 Å². The Labute approximate surface area is 131 Å². The molecular weight excluding hydrogens is 369 g/mol. The van der Waals surface area contributed by atoms with Gasteiger partial charge in [-0.15, -0.1) is 13.2 Å². The lowest BCUT2D eigenvalue weighted by Crippen LogP contribution is -2.17. The van der Waals surface area contributed by atoms with Crippen molar-refractivity contribution < 1.29 is 27.4 Å². The molecule has 0 aliphatic heterocycles. The molecule has 0 aliphatic carbocycles. The third-order valence-corrected chi connectivity index (χ3v) is 3.09. The first-order valence-corrected chi connectivity index (χ1v) is 6.73. The number of carbonyl (C=O) groups is 1. The number of hydrogen-bond donors (Lipinski definition) is 0. The molecule has 1 aromatic carbocycles. The van der Waals surface area contributed by atoms with E-state index in [-0.39, 0.29) is 16.2 Å². The molecule has 0 N–H and O–H groups in total. The van der Waals surface area contributed by atoms with E-state index in [0.29, 0.717) is 11.4 Å². The first-order valence-electron chi connectivity index (χ1n) is 5.94. The van der Waals surface area contributed by atoms with E-state index in [1.165, 1.54) is 29.7 Å². The number of ether oxygens (including phenoxy) is 2. The van der Waals surface area contributed by atoms with Gasteiger partial charge in [0.25, 0.3) is 0 Å². The van der Waals surface area contributed by atoms with Gasteiger partial charge in [-0.05, 0) is 28.1 Å². The number of nitrogens with zero attached hydrogens (tertiary/aromatic N) is 2. The van der Waals surface area contributed by atoms with Crippen molar-refractivity contribution in [2.75, 3.05) is 0 Å². The predicted octanol–water partition coefficient (Wildman–Crippen LogP) is 3.67. The van der Waals surface area contributed by atoms with Crippen molar-refractivity contribution in [3.05, 3.63) is 28.9 Å². The second kappa shape index (κ2) is 5.99. The van der Waals surface area contributed by atoms with Crippen LogP contribution < -0.4 is 9.47 Å². The van der Waals surface area contributed by atoms with Crippen LogP contribution in [0.25, 0.3) is 11.4 Å². The molecule has 9 heteroatoms. The maximum absolute atomic E-state index is 12.3. The normalized spacial score (nSPS) is 11.4. The third-order valence-electron chi connectivity index (χ3n) is 2.57. The average molecular weight is 379 g/mol. The quantitative estimate of drug-likeness (QED) is 0.764. The summed E-state index contributed by atoms with van der Waals surface area (Å²) in [6, 6.07) is 5.35. The summed E-state index contributed by atoms with van der Waals surface area (Å²) in [5, 5.41) is 0. The average Bonchev–Trinajstić information content (AvgIpc) is 2.65. The minimum absolute atomic E-state index is 0.157. The van der Waals surface area contributed by atoms with Gasteiger partial charge in [-0.1, -0.05) is 12.1 Å². The van der Waals surface area contributed by atoms with Crippen LogP contribution in [0.4, 0.5) is 13.2 Å². The molecule has 0 aliphatic rings. The highest BCUT2D eigenvalue weighted by molar-refractivity contribution is 9.10. The number of benzene rings is 1. The van der Waals surface area contributed by atoms with Crippen LogP contribution >= 0.6 is 15.9 Å². The fourth-order valence-electron chi connectivity index (χ4n) is 1.79. The first-order chi connectivity index (χ1) is 10.2. The Hall–Kier alpha value is -2.03. The highest BCUT2D eigenvalue weighted by atomic mass is 79.9. The van der Waals surface area contributed by atoms with Gasteiger partial charge in [-0.25, -0.2) is 4.98 Å². The standard InChI is InChI=1S/C13H10BrF3N2O3/c1-7(20)21-12-10(14)18-11(19(12)2)8-4-3-5-9(6-8)22-13(15,16)17/h3-6H,1-2H3. The van der Waals surface area contributed by atoms with Gasteiger partial charge in [0, 0.05) is 19.5 Å². The number of halogens is 4. The van der Waals surface area contributed by atoms with Crippen molar-refractivity contribution >= 4 is 21.9 Å². The minimum Gasteiger partial charge on any atom is -0.406 e. The van der Waals surface area contributed by atoms with Crippen LogP contribution in [0.15, 0.2) is 28.9 Å². The van der Waals surface area contributed by atoms with Crippen molar-refractivity contribution in [1.29, 1.82) is 0 Å². The topological polar surface area (TPSA) is 53.4 Å². The molecule has 0 spiro atoms. The predicted molar refractivity (Wildman–Crippen MR) is 74.3 cm³/mol. The maximum Gasteiger partial charge on any atom is 0.573 e.